The molecule has 0 saturated carbocycles. The predicted molar refractivity (Wildman–Crippen MR) is 74.2 cm³/mol. The second-order valence-electron chi connectivity index (χ2n) is 4.49. The van der Waals surface area contributed by atoms with Crippen molar-refractivity contribution in [2.75, 3.05) is 24.2 Å². The van der Waals surface area contributed by atoms with Gasteiger partial charge < -0.3 is 4.90 Å². The fourth-order valence-corrected chi connectivity index (χ4v) is 3.53. The summed E-state index contributed by atoms with van der Waals surface area (Å²) in [6, 6.07) is 8.14. The number of halogens is 1. The Morgan fingerprint density at radius 1 is 1.18 bits per heavy atom. The summed E-state index contributed by atoms with van der Waals surface area (Å²) in [5.41, 5.74) is 1.17. The van der Waals surface area contributed by atoms with E-state index < -0.39 is 9.84 Å². The summed E-state index contributed by atoms with van der Waals surface area (Å²) in [6.45, 7) is 1.64. The molecule has 1 aliphatic heterocycles. The zero-order valence-electron chi connectivity index (χ0n) is 9.77. The molecule has 0 amide bonds. The van der Waals surface area contributed by atoms with E-state index in [0.29, 0.717) is 0 Å². The van der Waals surface area contributed by atoms with E-state index in [1.165, 1.54) is 11.9 Å². The van der Waals surface area contributed by atoms with Crippen molar-refractivity contribution >= 4 is 31.5 Å². The van der Waals surface area contributed by atoms with Crippen molar-refractivity contribution in [1.82, 2.24) is 0 Å². The van der Waals surface area contributed by atoms with Gasteiger partial charge in [-0.05, 0) is 37.1 Å². The van der Waals surface area contributed by atoms with E-state index in [4.69, 9.17) is 0 Å². The van der Waals surface area contributed by atoms with E-state index >= 15 is 0 Å². The van der Waals surface area contributed by atoms with Crippen LogP contribution in [-0.2, 0) is 9.84 Å². The molecule has 1 aliphatic rings. The lowest BCUT2D eigenvalue weighted by Crippen LogP contribution is -2.38. The van der Waals surface area contributed by atoms with Crippen LogP contribution in [0.4, 0.5) is 5.69 Å². The van der Waals surface area contributed by atoms with Crippen LogP contribution in [0.5, 0.6) is 0 Å². The molecule has 0 radical (unpaired) electrons. The van der Waals surface area contributed by atoms with Gasteiger partial charge in [-0.3, -0.25) is 0 Å². The Labute approximate surface area is 111 Å². The van der Waals surface area contributed by atoms with E-state index in [0.717, 1.165) is 30.4 Å². The Morgan fingerprint density at radius 2 is 1.71 bits per heavy atom. The lowest BCUT2D eigenvalue weighted by molar-refractivity contribution is 0.534. The van der Waals surface area contributed by atoms with Gasteiger partial charge in [0.2, 0.25) is 0 Å². The molecule has 1 aromatic carbocycles. The molecule has 0 atom stereocenters. The molecule has 0 unspecified atom stereocenters. The maximum Gasteiger partial charge on any atom is 0.150 e. The largest absolute Gasteiger partial charge is 0.371 e. The number of hydrogen-bond acceptors (Lipinski definition) is 3. The molecule has 17 heavy (non-hydrogen) atoms. The Bertz CT molecular complexity index is 476. The smallest absolute Gasteiger partial charge is 0.150 e. The first-order valence-electron chi connectivity index (χ1n) is 5.66. The zero-order valence-corrected chi connectivity index (χ0v) is 12.2. The highest BCUT2D eigenvalue weighted by molar-refractivity contribution is 9.10. The molecular formula is C12H16BrNO2S. The summed E-state index contributed by atoms with van der Waals surface area (Å²) < 4.78 is 24.0. The third-order valence-corrected chi connectivity index (χ3v) is 5.45. The Morgan fingerprint density at radius 3 is 2.18 bits per heavy atom. The molecule has 0 aliphatic carbocycles. The zero-order chi connectivity index (χ0) is 12.5. The number of piperidine rings is 1. The summed E-state index contributed by atoms with van der Waals surface area (Å²) in [5.74, 6) is 0. The predicted octanol–water partition coefficient (Wildman–Crippen LogP) is 2.46. The molecule has 3 nitrogen and oxygen atoms in total. The lowest BCUT2D eigenvalue weighted by atomic mass is 10.1. The maximum absolute atomic E-state index is 11.4. The Kier molecular flexibility index (Phi) is 3.78. The van der Waals surface area contributed by atoms with Crippen LogP contribution < -0.4 is 4.90 Å². The van der Waals surface area contributed by atoms with Crippen molar-refractivity contribution in [2.45, 2.75) is 18.1 Å². The van der Waals surface area contributed by atoms with Crippen molar-refractivity contribution in [3.05, 3.63) is 28.7 Å². The van der Waals surface area contributed by atoms with Gasteiger partial charge >= 0.3 is 0 Å². The molecule has 0 spiro atoms. The SMILES string of the molecule is CS(=O)(=O)C1CCN(c2ccc(Br)cc2)CC1. The molecule has 1 heterocycles. The van der Waals surface area contributed by atoms with Crippen molar-refractivity contribution < 1.29 is 8.42 Å². The van der Waals surface area contributed by atoms with Crippen LogP contribution >= 0.6 is 15.9 Å². The van der Waals surface area contributed by atoms with Gasteiger partial charge in [-0.2, -0.15) is 0 Å². The number of rotatable bonds is 2. The van der Waals surface area contributed by atoms with Gasteiger partial charge in [-0.1, -0.05) is 15.9 Å². The van der Waals surface area contributed by atoms with Gasteiger partial charge in [-0.15, -0.1) is 0 Å². The van der Waals surface area contributed by atoms with E-state index in [1.807, 2.05) is 12.1 Å². The number of benzene rings is 1. The summed E-state index contributed by atoms with van der Waals surface area (Å²) >= 11 is 3.41. The van der Waals surface area contributed by atoms with Gasteiger partial charge in [0.05, 0.1) is 5.25 Å². The minimum atomic E-state index is -2.87. The minimum Gasteiger partial charge on any atom is -0.371 e. The molecule has 0 bridgehead atoms. The van der Waals surface area contributed by atoms with Gasteiger partial charge in [0.25, 0.3) is 0 Å². The van der Waals surface area contributed by atoms with Crippen molar-refractivity contribution in [2.24, 2.45) is 0 Å². The summed E-state index contributed by atoms with van der Waals surface area (Å²) in [7, 11) is -2.87. The van der Waals surface area contributed by atoms with Crippen LogP contribution in [0.15, 0.2) is 28.7 Å². The molecule has 5 heteroatoms. The first kappa shape index (κ1) is 12.9. The minimum absolute atomic E-state index is 0.158. The van der Waals surface area contributed by atoms with Crippen LogP contribution in [0.25, 0.3) is 0 Å². The van der Waals surface area contributed by atoms with Crippen LogP contribution in [0.2, 0.25) is 0 Å². The standard InChI is InChI=1S/C12H16BrNO2S/c1-17(15,16)12-6-8-14(9-7-12)11-4-2-10(13)3-5-11/h2-5,12H,6-9H2,1H3. The van der Waals surface area contributed by atoms with Gasteiger partial charge in [0, 0.05) is 29.5 Å². The normalized spacial score (nSPS) is 18.4. The topological polar surface area (TPSA) is 37.4 Å². The van der Waals surface area contributed by atoms with E-state index in [1.54, 1.807) is 0 Å². The molecule has 0 aromatic heterocycles. The highest BCUT2D eigenvalue weighted by Gasteiger charge is 2.26. The Balaban J connectivity index is 2.02. The van der Waals surface area contributed by atoms with Gasteiger partial charge in [-0.25, -0.2) is 8.42 Å². The van der Waals surface area contributed by atoms with Gasteiger partial charge in [0.1, 0.15) is 9.84 Å². The third kappa shape index (κ3) is 3.22. The van der Waals surface area contributed by atoms with Crippen molar-refractivity contribution in [3.8, 4) is 0 Å². The van der Waals surface area contributed by atoms with Crippen molar-refractivity contribution in [1.29, 1.82) is 0 Å². The highest BCUT2D eigenvalue weighted by Crippen LogP contribution is 2.24. The van der Waals surface area contributed by atoms with Crippen LogP contribution in [0, 0.1) is 0 Å². The van der Waals surface area contributed by atoms with Crippen LogP contribution in [-0.4, -0.2) is 33.0 Å². The fourth-order valence-electron chi connectivity index (χ4n) is 2.19. The third-order valence-electron chi connectivity index (χ3n) is 3.24. The second kappa shape index (κ2) is 4.98. The number of nitrogens with zero attached hydrogens (tertiary/aromatic N) is 1. The monoisotopic (exact) mass is 317 g/mol. The van der Waals surface area contributed by atoms with Gasteiger partial charge in [0.15, 0.2) is 0 Å². The number of hydrogen-bond donors (Lipinski definition) is 0. The van der Waals surface area contributed by atoms with Crippen LogP contribution in [0.3, 0.4) is 0 Å². The number of anilines is 1. The average molecular weight is 318 g/mol. The first-order valence-corrected chi connectivity index (χ1v) is 8.41. The van der Waals surface area contributed by atoms with E-state index in [-0.39, 0.29) is 5.25 Å². The molecule has 0 N–H and O–H groups in total. The summed E-state index contributed by atoms with van der Waals surface area (Å²) in [5, 5.41) is -0.158. The quantitative estimate of drug-likeness (QED) is 0.841. The number of sulfone groups is 1. The summed E-state index contributed by atoms with van der Waals surface area (Å²) in [4.78, 5) is 2.24. The molecular weight excluding hydrogens is 302 g/mol. The molecule has 1 fully saturated rings. The van der Waals surface area contributed by atoms with E-state index in [2.05, 4.69) is 33.0 Å². The average Bonchev–Trinajstić information content (AvgIpc) is 2.29. The molecule has 2 rings (SSSR count). The summed E-state index contributed by atoms with van der Waals surface area (Å²) in [6.07, 6.45) is 2.80. The second-order valence-corrected chi connectivity index (χ2v) is 7.73. The Hall–Kier alpha value is -0.550. The molecule has 1 aromatic rings. The molecule has 1 saturated heterocycles. The van der Waals surface area contributed by atoms with Crippen LogP contribution in [0.1, 0.15) is 12.8 Å². The lowest BCUT2D eigenvalue weighted by Gasteiger charge is -2.32. The highest BCUT2D eigenvalue weighted by atomic mass is 79.9. The first-order chi connectivity index (χ1) is 7.97. The van der Waals surface area contributed by atoms with E-state index in [9.17, 15) is 8.42 Å². The fraction of sp³-hybridized carbons (Fsp3) is 0.500. The van der Waals surface area contributed by atoms with Crippen molar-refractivity contribution in [3.63, 3.8) is 0 Å². The molecule has 94 valence electrons. The maximum atomic E-state index is 11.4.